The second-order valence-electron chi connectivity index (χ2n) is 5.54. The lowest BCUT2D eigenvalue weighted by molar-refractivity contribution is 0.320. The van der Waals surface area contributed by atoms with Crippen molar-refractivity contribution in [3.63, 3.8) is 0 Å². The molecular formula is C18H26N4OS. The topological polar surface area (TPSA) is 58.5 Å². The Morgan fingerprint density at radius 1 is 1.17 bits per heavy atom. The summed E-state index contributed by atoms with van der Waals surface area (Å²) in [5.41, 5.74) is 2.28. The van der Waals surface area contributed by atoms with Crippen LogP contribution in [0.2, 0.25) is 0 Å². The summed E-state index contributed by atoms with van der Waals surface area (Å²) in [4.78, 5) is 10.1. The zero-order chi connectivity index (χ0) is 17.4. The predicted octanol–water partition coefficient (Wildman–Crippen LogP) is 2.85. The second kappa shape index (κ2) is 9.27. The predicted molar refractivity (Wildman–Crippen MR) is 101 cm³/mol. The quantitative estimate of drug-likeness (QED) is 0.460. The van der Waals surface area contributed by atoms with Crippen LogP contribution >= 0.6 is 11.3 Å². The van der Waals surface area contributed by atoms with Crippen LogP contribution in [0, 0.1) is 20.8 Å². The zero-order valence-electron chi connectivity index (χ0n) is 14.8. The number of nitrogens with zero attached hydrogens (tertiary/aromatic N) is 2. The highest BCUT2D eigenvalue weighted by Crippen LogP contribution is 2.16. The molecule has 1 heterocycles. The van der Waals surface area contributed by atoms with Crippen LogP contribution in [0.25, 0.3) is 0 Å². The molecule has 5 nitrogen and oxygen atoms in total. The van der Waals surface area contributed by atoms with Crippen molar-refractivity contribution in [2.45, 2.75) is 27.2 Å². The minimum atomic E-state index is 0.594. The number of hydrogen-bond acceptors (Lipinski definition) is 4. The average molecular weight is 347 g/mol. The van der Waals surface area contributed by atoms with E-state index in [9.17, 15) is 0 Å². The van der Waals surface area contributed by atoms with E-state index in [4.69, 9.17) is 4.74 Å². The molecule has 0 fully saturated rings. The molecule has 0 amide bonds. The van der Waals surface area contributed by atoms with E-state index in [0.29, 0.717) is 13.2 Å². The molecular weight excluding hydrogens is 320 g/mol. The van der Waals surface area contributed by atoms with E-state index >= 15 is 0 Å². The van der Waals surface area contributed by atoms with Crippen LogP contribution < -0.4 is 15.4 Å². The highest BCUT2D eigenvalue weighted by molar-refractivity contribution is 7.11. The Labute approximate surface area is 148 Å². The van der Waals surface area contributed by atoms with Gasteiger partial charge in [0.2, 0.25) is 0 Å². The summed E-state index contributed by atoms with van der Waals surface area (Å²) >= 11 is 1.76. The minimum Gasteiger partial charge on any atom is -0.491 e. The first kappa shape index (κ1) is 18.3. The summed E-state index contributed by atoms with van der Waals surface area (Å²) in [7, 11) is 1.77. The first-order valence-electron chi connectivity index (χ1n) is 8.16. The van der Waals surface area contributed by atoms with E-state index in [1.165, 1.54) is 4.88 Å². The fourth-order valence-corrected chi connectivity index (χ4v) is 3.14. The molecule has 2 aromatic rings. The summed E-state index contributed by atoms with van der Waals surface area (Å²) < 4.78 is 5.77. The van der Waals surface area contributed by atoms with Crippen molar-refractivity contribution >= 4 is 17.3 Å². The normalized spacial score (nSPS) is 11.4. The lowest BCUT2D eigenvalue weighted by Crippen LogP contribution is -2.40. The van der Waals surface area contributed by atoms with Gasteiger partial charge in [-0.3, -0.25) is 4.99 Å². The molecule has 2 N–H and O–H groups in total. The second-order valence-corrected chi connectivity index (χ2v) is 6.83. The molecule has 0 saturated carbocycles. The average Bonchev–Trinajstić information content (AvgIpc) is 2.89. The van der Waals surface area contributed by atoms with Gasteiger partial charge in [-0.1, -0.05) is 18.2 Å². The van der Waals surface area contributed by atoms with Crippen LogP contribution in [-0.2, 0) is 6.42 Å². The Balaban J connectivity index is 1.66. The van der Waals surface area contributed by atoms with Gasteiger partial charge in [0.15, 0.2) is 5.96 Å². The first-order valence-corrected chi connectivity index (χ1v) is 8.97. The van der Waals surface area contributed by atoms with Gasteiger partial charge in [0.05, 0.1) is 17.2 Å². The van der Waals surface area contributed by atoms with E-state index in [0.717, 1.165) is 40.9 Å². The Kier molecular flexibility index (Phi) is 7.06. The maximum atomic E-state index is 5.77. The third kappa shape index (κ3) is 5.53. The molecule has 6 heteroatoms. The number of para-hydroxylation sites is 1. The van der Waals surface area contributed by atoms with Crippen LogP contribution in [0.4, 0.5) is 0 Å². The SMILES string of the molecule is CN=C(NCCOc1ccccc1C)NCCc1nc(C)c(C)s1. The van der Waals surface area contributed by atoms with Gasteiger partial charge in [-0.2, -0.15) is 0 Å². The van der Waals surface area contributed by atoms with Crippen LogP contribution in [-0.4, -0.2) is 37.7 Å². The first-order chi connectivity index (χ1) is 11.6. The molecule has 0 aliphatic heterocycles. The molecule has 130 valence electrons. The number of benzene rings is 1. The monoisotopic (exact) mass is 346 g/mol. The van der Waals surface area contributed by atoms with E-state index in [1.807, 2.05) is 31.2 Å². The number of aryl methyl sites for hydroxylation is 3. The molecule has 0 unspecified atom stereocenters. The molecule has 24 heavy (non-hydrogen) atoms. The fraction of sp³-hybridized carbons (Fsp3) is 0.444. The molecule has 0 aliphatic carbocycles. The highest BCUT2D eigenvalue weighted by Gasteiger charge is 2.04. The van der Waals surface area contributed by atoms with Crippen molar-refractivity contribution in [1.82, 2.24) is 15.6 Å². The number of hydrogen-bond donors (Lipinski definition) is 2. The van der Waals surface area contributed by atoms with Crippen molar-refractivity contribution in [3.05, 3.63) is 45.4 Å². The zero-order valence-corrected chi connectivity index (χ0v) is 15.7. The molecule has 0 atom stereocenters. The largest absolute Gasteiger partial charge is 0.491 e. The standard InChI is InChI=1S/C18H26N4OS/c1-13-7-5-6-8-16(13)23-12-11-21-18(19-4)20-10-9-17-22-14(2)15(3)24-17/h5-8H,9-12H2,1-4H3,(H2,19,20,21). The van der Waals surface area contributed by atoms with Crippen LogP contribution in [0.1, 0.15) is 21.1 Å². The fourth-order valence-electron chi connectivity index (χ4n) is 2.20. The Morgan fingerprint density at radius 2 is 1.92 bits per heavy atom. The molecule has 0 aliphatic rings. The Bertz CT molecular complexity index is 662. The number of aromatic nitrogens is 1. The summed E-state index contributed by atoms with van der Waals surface area (Å²) in [6.45, 7) is 8.31. The summed E-state index contributed by atoms with van der Waals surface area (Å²) in [6.07, 6.45) is 0.903. The van der Waals surface area contributed by atoms with Crippen LogP contribution in [0.15, 0.2) is 29.3 Å². The van der Waals surface area contributed by atoms with Gasteiger partial charge >= 0.3 is 0 Å². The molecule has 1 aromatic heterocycles. The van der Waals surface area contributed by atoms with E-state index in [-0.39, 0.29) is 0 Å². The van der Waals surface area contributed by atoms with Gasteiger partial charge in [0.25, 0.3) is 0 Å². The lowest BCUT2D eigenvalue weighted by Gasteiger charge is -2.13. The van der Waals surface area contributed by atoms with Gasteiger partial charge in [-0.05, 0) is 32.4 Å². The van der Waals surface area contributed by atoms with Gasteiger partial charge in [0.1, 0.15) is 12.4 Å². The number of guanidine groups is 1. The molecule has 0 spiro atoms. The van der Waals surface area contributed by atoms with Crippen LogP contribution in [0.3, 0.4) is 0 Å². The summed E-state index contributed by atoms with van der Waals surface area (Å²) in [6, 6.07) is 8.03. The lowest BCUT2D eigenvalue weighted by atomic mass is 10.2. The van der Waals surface area contributed by atoms with Gasteiger partial charge in [-0.25, -0.2) is 4.98 Å². The molecule has 2 rings (SSSR count). The number of ether oxygens (including phenoxy) is 1. The number of thiazole rings is 1. The minimum absolute atomic E-state index is 0.594. The third-order valence-corrected chi connectivity index (χ3v) is 4.81. The summed E-state index contributed by atoms with van der Waals surface area (Å²) in [5, 5.41) is 7.73. The van der Waals surface area contributed by atoms with E-state index in [1.54, 1.807) is 18.4 Å². The molecule has 0 radical (unpaired) electrons. The van der Waals surface area contributed by atoms with E-state index < -0.39 is 0 Å². The van der Waals surface area contributed by atoms with Crippen molar-refractivity contribution < 1.29 is 4.74 Å². The molecule has 0 bridgehead atoms. The third-order valence-electron chi connectivity index (χ3n) is 3.67. The number of nitrogens with one attached hydrogen (secondary N) is 2. The van der Waals surface area contributed by atoms with Crippen molar-refractivity contribution in [1.29, 1.82) is 0 Å². The van der Waals surface area contributed by atoms with Crippen molar-refractivity contribution in [3.8, 4) is 5.75 Å². The van der Waals surface area contributed by atoms with Gasteiger partial charge in [0, 0.05) is 24.9 Å². The molecule has 0 saturated heterocycles. The Hall–Kier alpha value is -2.08. The van der Waals surface area contributed by atoms with Gasteiger partial charge in [-0.15, -0.1) is 11.3 Å². The summed E-state index contributed by atoms with van der Waals surface area (Å²) in [5.74, 6) is 1.71. The Morgan fingerprint density at radius 3 is 2.58 bits per heavy atom. The highest BCUT2D eigenvalue weighted by atomic mass is 32.1. The van der Waals surface area contributed by atoms with E-state index in [2.05, 4.69) is 34.5 Å². The number of aliphatic imine (C=N–C) groups is 1. The maximum absolute atomic E-state index is 5.77. The van der Waals surface area contributed by atoms with Crippen molar-refractivity contribution in [2.75, 3.05) is 26.7 Å². The maximum Gasteiger partial charge on any atom is 0.191 e. The molecule has 1 aromatic carbocycles. The number of rotatable bonds is 7. The smallest absolute Gasteiger partial charge is 0.191 e. The van der Waals surface area contributed by atoms with Gasteiger partial charge < -0.3 is 15.4 Å². The van der Waals surface area contributed by atoms with Crippen LogP contribution in [0.5, 0.6) is 5.75 Å². The van der Waals surface area contributed by atoms with Crippen molar-refractivity contribution in [2.24, 2.45) is 4.99 Å².